The van der Waals surface area contributed by atoms with Gasteiger partial charge in [-0.3, -0.25) is 14.5 Å². The fraction of sp³-hybridized carbons (Fsp3) is 0.300. The quantitative estimate of drug-likeness (QED) is 0.278. The molecule has 2 amide bonds. The van der Waals surface area contributed by atoms with Crippen molar-refractivity contribution in [1.29, 1.82) is 0 Å². The highest BCUT2D eigenvalue weighted by Crippen LogP contribution is 2.16. The van der Waals surface area contributed by atoms with Crippen molar-refractivity contribution in [3.05, 3.63) is 23.8 Å². The molecule has 80 valence electrons. The molecular formula is C10H11NO4. The van der Waals surface area contributed by atoms with Crippen LogP contribution in [0.5, 0.6) is 0 Å². The minimum Gasteiger partial charge on any atom is -0.465 e. The molecule has 15 heavy (non-hydrogen) atoms. The number of likely N-dealkylation sites (N-methyl/N-ethyl adjacent to an activating group) is 1. The second-order valence-corrected chi connectivity index (χ2v) is 2.93. The molecule has 0 radical (unpaired) electrons. The van der Waals surface area contributed by atoms with Gasteiger partial charge in [0.1, 0.15) is 5.57 Å². The van der Waals surface area contributed by atoms with Gasteiger partial charge in [-0.05, 0) is 13.0 Å². The van der Waals surface area contributed by atoms with Crippen LogP contribution in [0.3, 0.4) is 0 Å². The number of esters is 1. The predicted octanol–water partition coefficient (Wildman–Crippen LogP) is 0.0307. The molecule has 0 fully saturated rings. The number of rotatable bonds is 2. The lowest BCUT2D eigenvalue weighted by Crippen LogP contribution is -2.42. The molecule has 0 aromatic heterocycles. The van der Waals surface area contributed by atoms with Crippen LogP contribution in [0, 0.1) is 0 Å². The molecule has 1 aliphatic heterocycles. The number of hydrogen-bond acceptors (Lipinski definition) is 4. The molecule has 5 nitrogen and oxygen atoms in total. The minimum atomic E-state index is -0.757. The van der Waals surface area contributed by atoms with Gasteiger partial charge in [0.25, 0.3) is 11.8 Å². The molecule has 1 heterocycles. The summed E-state index contributed by atoms with van der Waals surface area (Å²) in [4.78, 5) is 35.2. The maximum Gasteiger partial charge on any atom is 0.343 e. The van der Waals surface area contributed by atoms with Crippen LogP contribution in [0.15, 0.2) is 23.8 Å². The van der Waals surface area contributed by atoms with Crippen LogP contribution in [0.1, 0.15) is 6.92 Å². The van der Waals surface area contributed by atoms with Crippen LogP contribution in [-0.2, 0) is 19.1 Å². The fourth-order valence-corrected chi connectivity index (χ4v) is 1.25. The van der Waals surface area contributed by atoms with Gasteiger partial charge in [0.15, 0.2) is 0 Å². The standard InChI is InChI=1S/C10H11NO4/c1-4-11-8(12)6(2)5-7(9(11)13)10(14)15-3/h5H,2,4H2,1,3H3. The molecule has 0 atom stereocenters. The lowest BCUT2D eigenvalue weighted by Gasteiger charge is -2.23. The third kappa shape index (κ3) is 1.81. The molecule has 1 rings (SSSR count). The molecular weight excluding hydrogens is 198 g/mol. The Morgan fingerprint density at radius 1 is 1.47 bits per heavy atom. The Labute approximate surface area is 87.0 Å². The zero-order valence-corrected chi connectivity index (χ0v) is 8.57. The van der Waals surface area contributed by atoms with E-state index in [1.807, 2.05) is 0 Å². The number of carbonyl (C=O) groups excluding carboxylic acids is 3. The summed E-state index contributed by atoms with van der Waals surface area (Å²) in [6, 6.07) is 0. The minimum absolute atomic E-state index is 0.108. The average Bonchev–Trinajstić information content (AvgIpc) is 2.23. The van der Waals surface area contributed by atoms with Gasteiger partial charge in [-0.15, -0.1) is 0 Å². The first kappa shape index (κ1) is 11.2. The van der Waals surface area contributed by atoms with Crippen LogP contribution in [0.25, 0.3) is 0 Å². The highest BCUT2D eigenvalue weighted by molar-refractivity contribution is 6.25. The van der Waals surface area contributed by atoms with Gasteiger partial charge in [-0.25, -0.2) is 4.79 Å². The van der Waals surface area contributed by atoms with Crippen molar-refractivity contribution in [3.8, 4) is 0 Å². The van der Waals surface area contributed by atoms with Crippen LogP contribution in [0.4, 0.5) is 0 Å². The summed E-state index contributed by atoms with van der Waals surface area (Å²) >= 11 is 0. The Hall–Kier alpha value is -1.91. The Bertz CT molecular complexity index is 381. The van der Waals surface area contributed by atoms with E-state index in [0.29, 0.717) is 0 Å². The van der Waals surface area contributed by atoms with E-state index in [9.17, 15) is 14.4 Å². The predicted molar refractivity (Wildman–Crippen MR) is 51.6 cm³/mol. The molecule has 0 N–H and O–H groups in total. The summed E-state index contributed by atoms with van der Waals surface area (Å²) < 4.78 is 4.43. The Balaban J connectivity index is 3.15. The third-order valence-corrected chi connectivity index (χ3v) is 2.04. The number of imide groups is 1. The lowest BCUT2D eigenvalue weighted by atomic mass is 10.1. The highest BCUT2D eigenvalue weighted by Gasteiger charge is 2.33. The van der Waals surface area contributed by atoms with Gasteiger partial charge in [-0.1, -0.05) is 6.58 Å². The van der Waals surface area contributed by atoms with Gasteiger partial charge < -0.3 is 4.74 Å². The Morgan fingerprint density at radius 3 is 2.53 bits per heavy atom. The van der Waals surface area contributed by atoms with Crippen LogP contribution >= 0.6 is 0 Å². The summed E-state index contributed by atoms with van der Waals surface area (Å²) in [5.41, 5.74) is -0.0548. The van der Waals surface area contributed by atoms with E-state index < -0.39 is 17.8 Å². The summed E-state index contributed by atoms with van der Waals surface area (Å²) in [6.45, 7) is 5.31. The van der Waals surface area contributed by atoms with Gasteiger partial charge in [0.05, 0.1) is 7.11 Å². The summed E-state index contributed by atoms with van der Waals surface area (Å²) in [5.74, 6) is -1.87. The Morgan fingerprint density at radius 2 is 2.07 bits per heavy atom. The number of carbonyl (C=O) groups is 3. The molecule has 0 spiro atoms. The van der Waals surface area contributed by atoms with Crippen molar-refractivity contribution < 1.29 is 19.1 Å². The SMILES string of the molecule is C=C1C=C(C(=O)OC)C(=O)N(CC)C1=O. The average molecular weight is 209 g/mol. The molecule has 0 saturated carbocycles. The monoisotopic (exact) mass is 209 g/mol. The van der Waals surface area contributed by atoms with E-state index in [1.54, 1.807) is 6.92 Å². The summed E-state index contributed by atoms with van der Waals surface area (Å²) in [7, 11) is 1.17. The number of ether oxygens (including phenoxy) is 1. The summed E-state index contributed by atoms with van der Waals surface area (Å²) in [6.07, 6.45) is 1.16. The van der Waals surface area contributed by atoms with E-state index in [4.69, 9.17) is 0 Å². The van der Waals surface area contributed by atoms with Crippen molar-refractivity contribution >= 4 is 17.8 Å². The maximum absolute atomic E-state index is 11.6. The van der Waals surface area contributed by atoms with E-state index >= 15 is 0 Å². The van der Waals surface area contributed by atoms with Crippen molar-refractivity contribution in [2.75, 3.05) is 13.7 Å². The maximum atomic E-state index is 11.6. The van der Waals surface area contributed by atoms with Crippen molar-refractivity contribution in [2.24, 2.45) is 0 Å². The number of nitrogens with zero attached hydrogens (tertiary/aromatic N) is 1. The normalized spacial score (nSPS) is 16.5. The smallest absolute Gasteiger partial charge is 0.343 e. The number of amides is 2. The first-order valence-corrected chi connectivity index (χ1v) is 4.38. The van der Waals surface area contributed by atoms with Gasteiger partial charge in [0, 0.05) is 12.1 Å². The molecule has 0 bridgehead atoms. The van der Waals surface area contributed by atoms with E-state index in [0.717, 1.165) is 11.0 Å². The molecule has 0 aliphatic carbocycles. The largest absolute Gasteiger partial charge is 0.465 e. The first-order chi connectivity index (χ1) is 7.02. The third-order valence-electron chi connectivity index (χ3n) is 2.04. The molecule has 5 heteroatoms. The van der Waals surface area contributed by atoms with Crippen molar-refractivity contribution in [2.45, 2.75) is 6.92 Å². The van der Waals surface area contributed by atoms with Gasteiger partial charge in [0.2, 0.25) is 0 Å². The zero-order valence-electron chi connectivity index (χ0n) is 8.57. The molecule has 0 saturated heterocycles. The van der Waals surface area contributed by atoms with Crippen LogP contribution < -0.4 is 0 Å². The fourth-order valence-electron chi connectivity index (χ4n) is 1.25. The second-order valence-electron chi connectivity index (χ2n) is 2.93. The lowest BCUT2D eigenvalue weighted by molar-refractivity contribution is -0.144. The number of hydrogen-bond donors (Lipinski definition) is 0. The van der Waals surface area contributed by atoms with Crippen molar-refractivity contribution in [3.63, 3.8) is 0 Å². The van der Waals surface area contributed by atoms with E-state index in [2.05, 4.69) is 11.3 Å². The van der Waals surface area contributed by atoms with E-state index in [1.165, 1.54) is 7.11 Å². The molecule has 0 aromatic rings. The molecule has 1 aliphatic rings. The summed E-state index contributed by atoms with van der Waals surface area (Å²) in [5, 5.41) is 0. The van der Waals surface area contributed by atoms with Gasteiger partial charge in [-0.2, -0.15) is 0 Å². The number of methoxy groups -OCH3 is 1. The van der Waals surface area contributed by atoms with Crippen molar-refractivity contribution in [1.82, 2.24) is 4.90 Å². The topological polar surface area (TPSA) is 63.7 Å². The highest BCUT2D eigenvalue weighted by atomic mass is 16.5. The van der Waals surface area contributed by atoms with Gasteiger partial charge >= 0.3 is 5.97 Å². The molecule has 0 aromatic carbocycles. The van der Waals surface area contributed by atoms with Crippen LogP contribution in [0.2, 0.25) is 0 Å². The zero-order chi connectivity index (χ0) is 11.6. The van der Waals surface area contributed by atoms with Crippen LogP contribution in [-0.4, -0.2) is 36.3 Å². The van der Waals surface area contributed by atoms with E-state index in [-0.39, 0.29) is 17.7 Å². The Kier molecular flexibility index (Phi) is 3.04. The first-order valence-electron chi connectivity index (χ1n) is 4.38. The molecule has 0 unspecified atom stereocenters. The second kappa shape index (κ2) is 4.08.